The Balaban J connectivity index is 0.000000344. The minimum absolute atomic E-state index is 0.160. The number of fused-ring (bicyclic) bond motifs is 1. The number of phenols is 2. The first-order chi connectivity index (χ1) is 16.0. The third kappa shape index (κ3) is 4.38. The number of alkyl halides is 3. The minimum atomic E-state index is -5.08. The van der Waals surface area contributed by atoms with Crippen LogP contribution in [0.2, 0.25) is 0 Å². The molecule has 0 amide bonds. The molecule has 6 nitrogen and oxygen atoms in total. The Hall–Kier alpha value is -3.01. The smallest absolute Gasteiger partial charge is 0.490 e. The van der Waals surface area contributed by atoms with E-state index in [9.17, 15) is 27.8 Å². The van der Waals surface area contributed by atoms with Crippen LogP contribution in [0.25, 0.3) is 0 Å². The summed E-state index contributed by atoms with van der Waals surface area (Å²) in [6.45, 7) is 1.04. The maximum atomic E-state index is 13.6. The number of hydrogen-bond acceptors (Lipinski definition) is 5. The first-order valence-electron chi connectivity index (χ1n) is 11.2. The molecule has 5 rings (SSSR count). The van der Waals surface area contributed by atoms with E-state index in [1.807, 2.05) is 12.1 Å². The molecule has 0 unspecified atom stereocenters. The molecule has 5 N–H and O–H groups in total. The van der Waals surface area contributed by atoms with Crippen LogP contribution in [0.1, 0.15) is 43.2 Å². The summed E-state index contributed by atoms with van der Waals surface area (Å²) in [7, 11) is 0. The van der Waals surface area contributed by atoms with Gasteiger partial charge in [0.25, 0.3) is 0 Å². The second-order valence-electron chi connectivity index (χ2n) is 9.11. The van der Waals surface area contributed by atoms with Crippen LogP contribution in [0.3, 0.4) is 0 Å². The molecule has 2 aliphatic carbocycles. The van der Waals surface area contributed by atoms with E-state index >= 15 is 0 Å². The fourth-order valence-corrected chi connectivity index (χ4v) is 5.83. The molecule has 3 atom stereocenters. The molecule has 34 heavy (non-hydrogen) atoms. The number of aliphatic carboxylic acids is 1. The number of piperidine rings is 1. The van der Waals surface area contributed by atoms with Crippen molar-refractivity contribution in [1.29, 1.82) is 0 Å². The van der Waals surface area contributed by atoms with Crippen molar-refractivity contribution in [2.75, 3.05) is 11.9 Å². The van der Waals surface area contributed by atoms with Crippen LogP contribution >= 0.6 is 0 Å². The van der Waals surface area contributed by atoms with Crippen LogP contribution < -0.4 is 10.6 Å². The van der Waals surface area contributed by atoms with Crippen LogP contribution in [0.5, 0.6) is 11.5 Å². The number of para-hydroxylation sites is 1. The Labute approximate surface area is 193 Å². The van der Waals surface area contributed by atoms with Crippen molar-refractivity contribution < 1.29 is 37.7 Å². The van der Waals surface area contributed by atoms with Gasteiger partial charge in [0, 0.05) is 11.5 Å². The highest BCUT2D eigenvalue weighted by Crippen LogP contribution is 2.55. The van der Waals surface area contributed by atoms with Crippen molar-refractivity contribution in [3.8, 4) is 11.5 Å². The minimum Gasteiger partial charge on any atom is -0.506 e. The average Bonchev–Trinajstić information content (AvgIpc) is 2.78. The SMILES string of the molecule is O=C(O)C(F)(F)F.Oc1cc2c(cc1Nc1cccc(F)c1O)C[C@@H]1NCC[C@]23CCCC[C@H]13. The number of nitrogens with one attached hydrogen (secondary N) is 2. The highest BCUT2D eigenvalue weighted by atomic mass is 19.4. The Kier molecular flexibility index (Phi) is 6.37. The molecule has 10 heteroatoms. The van der Waals surface area contributed by atoms with Gasteiger partial charge in [0.2, 0.25) is 0 Å². The molecule has 0 aromatic heterocycles. The molecule has 1 saturated carbocycles. The summed E-state index contributed by atoms with van der Waals surface area (Å²) in [4.78, 5) is 8.90. The lowest BCUT2D eigenvalue weighted by molar-refractivity contribution is -0.192. The molecule has 0 spiro atoms. The number of benzene rings is 2. The van der Waals surface area contributed by atoms with E-state index in [0.717, 1.165) is 19.4 Å². The van der Waals surface area contributed by atoms with Crippen molar-refractivity contribution in [3.05, 3.63) is 47.3 Å². The zero-order valence-corrected chi connectivity index (χ0v) is 18.3. The summed E-state index contributed by atoms with van der Waals surface area (Å²) in [5, 5.41) is 34.5. The first-order valence-corrected chi connectivity index (χ1v) is 11.2. The maximum absolute atomic E-state index is 13.6. The van der Waals surface area contributed by atoms with E-state index in [-0.39, 0.29) is 16.9 Å². The number of carbonyl (C=O) groups is 1. The molecule has 3 aliphatic rings. The molecular weight excluding hydrogens is 456 g/mol. The second kappa shape index (κ2) is 8.98. The van der Waals surface area contributed by atoms with Gasteiger partial charge in [-0.2, -0.15) is 13.2 Å². The average molecular weight is 482 g/mol. The summed E-state index contributed by atoms with van der Waals surface area (Å²) >= 11 is 0. The number of anilines is 2. The monoisotopic (exact) mass is 482 g/mol. The quantitative estimate of drug-likeness (QED) is 0.306. The Morgan fingerprint density at radius 1 is 1.12 bits per heavy atom. The standard InChI is InChI=1S/C22H25FN2O2.C2HF3O2/c23-16-5-3-6-17(21(16)27)25-19-11-13-10-18-14-4-1-2-7-22(14,8-9-24-18)15(13)12-20(19)26;3-2(4,5)1(6)7/h3,5-6,11-12,14,18,24-27H,1-2,4,7-10H2;(H,6,7)/t14-,18+,22+;/m1./s1. The highest BCUT2D eigenvalue weighted by molar-refractivity contribution is 5.73. The lowest BCUT2D eigenvalue weighted by atomic mass is 9.53. The molecule has 2 bridgehead atoms. The normalized spacial score (nSPS) is 25.3. The molecule has 2 fully saturated rings. The number of carboxylic acid groups (broad SMARTS) is 1. The van der Waals surface area contributed by atoms with E-state index < -0.39 is 23.7 Å². The molecule has 1 heterocycles. The predicted octanol–water partition coefficient (Wildman–Crippen LogP) is 4.96. The number of hydrogen-bond donors (Lipinski definition) is 5. The Morgan fingerprint density at radius 3 is 2.56 bits per heavy atom. The third-order valence-electron chi connectivity index (χ3n) is 7.26. The van der Waals surface area contributed by atoms with Crippen LogP contribution in [0, 0.1) is 11.7 Å². The van der Waals surface area contributed by atoms with Gasteiger partial charge >= 0.3 is 12.1 Å². The lowest BCUT2D eigenvalue weighted by Gasteiger charge is -2.56. The first kappa shape index (κ1) is 24.1. The number of phenolic OH excluding ortho intramolecular Hbond substituents is 2. The van der Waals surface area contributed by atoms with Crippen molar-refractivity contribution in [2.24, 2.45) is 5.92 Å². The molecule has 0 radical (unpaired) electrons. The summed E-state index contributed by atoms with van der Waals surface area (Å²) in [6.07, 6.45) is 1.99. The number of rotatable bonds is 2. The van der Waals surface area contributed by atoms with Gasteiger partial charge in [-0.05, 0) is 73.5 Å². The van der Waals surface area contributed by atoms with Crippen LogP contribution in [-0.2, 0) is 16.6 Å². The third-order valence-corrected chi connectivity index (χ3v) is 7.26. The maximum Gasteiger partial charge on any atom is 0.490 e. The molecule has 1 saturated heterocycles. The Morgan fingerprint density at radius 2 is 1.85 bits per heavy atom. The topological polar surface area (TPSA) is 102 Å². The highest BCUT2D eigenvalue weighted by Gasteiger charge is 2.51. The lowest BCUT2D eigenvalue weighted by Crippen LogP contribution is -2.59. The molecular formula is C24H26F4N2O4. The summed E-state index contributed by atoms with van der Waals surface area (Å²) in [6, 6.07) is 8.75. The number of aromatic hydroxyl groups is 2. The Bertz CT molecular complexity index is 1090. The van der Waals surface area contributed by atoms with E-state index in [1.165, 1.54) is 48.9 Å². The van der Waals surface area contributed by atoms with Gasteiger partial charge in [-0.25, -0.2) is 9.18 Å². The van der Waals surface area contributed by atoms with Crippen LogP contribution in [0.4, 0.5) is 28.9 Å². The number of halogens is 4. The van der Waals surface area contributed by atoms with E-state index in [4.69, 9.17) is 9.90 Å². The fraction of sp³-hybridized carbons (Fsp3) is 0.458. The summed E-state index contributed by atoms with van der Waals surface area (Å²) < 4.78 is 45.4. The van der Waals surface area contributed by atoms with Crippen molar-refractivity contribution in [2.45, 2.75) is 56.2 Å². The van der Waals surface area contributed by atoms with Crippen LogP contribution in [-0.4, -0.2) is 40.1 Å². The van der Waals surface area contributed by atoms with Gasteiger partial charge in [0.1, 0.15) is 5.75 Å². The van der Waals surface area contributed by atoms with Gasteiger partial charge in [0.15, 0.2) is 11.6 Å². The summed E-state index contributed by atoms with van der Waals surface area (Å²) in [5.74, 6) is -3.06. The molecule has 2 aromatic carbocycles. The molecule has 1 aliphatic heterocycles. The second-order valence-corrected chi connectivity index (χ2v) is 9.11. The van der Waals surface area contributed by atoms with Crippen molar-refractivity contribution in [1.82, 2.24) is 5.32 Å². The van der Waals surface area contributed by atoms with E-state index in [0.29, 0.717) is 17.6 Å². The largest absolute Gasteiger partial charge is 0.506 e. The molecule has 2 aromatic rings. The van der Waals surface area contributed by atoms with Crippen molar-refractivity contribution in [3.63, 3.8) is 0 Å². The zero-order chi connectivity index (χ0) is 24.7. The van der Waals surface area contributed by atoms with Crippen LogP contribution in [0.15, 0.2) is 30.3 Å². The summed E-state index contributed by atoms with van der Waals surface area (Å²) in [5.41, 5.74) is 3.50. The predicted molar refractivity (Wildman–Crippen MR) is 117 cm³/mol. The van der Waals surface area contributed by atoms with Gasteiger partial charge in [0.05, 0.1) is 11.4 Å². The van der Waals surface area contributed by atoms with Gasteiger partial charge in [-0.3, -0.25) is 0 Å². The van der Waals surface area contributed by atoms with Gasteiger partial charge in [-0.1, -0.05) is 18.9 Å². The zero-order valence-electron chi connectivity index (χ0n) is 18.3. The van der Waals surface area contributed by atoms with Crippen molar-refractivity contribution >= 4 is 17.3 Å². The van der Waals surface area contributed by atoms with Gasteiger partial charge in [-0.15, -0.1) is 0 Å². The number of carboxylic acids is 1. The fourth-order valence-electron chi connectivity index (χ4n) is 5.83. The van der Waals surface area contributed by atoms with E-state index in [1.54, 1.807) is 6.07 Å². The molecule has 184 valence electrons. The van der Waals surface area contributed by atoms with E-state index in [2.05, 4.69) is 10.6 Å². The van der Waals surface area contributed by atoms with Gasteiger partial charge < -0.3 is 26.0 Å².